The van der Waals surface area contributed by atoms with E-state index < -0.39 is 23.6 Å². The number of nitrogens with one attached hydrogen (secondary N) is 1. The number of fused-ring (bicyclic) bond motifs is 1. The van der Waals surface area contributed by atoms with Gasteiger partial charge in [-0.3, -0.25) is 9.59 Å². The predicted molar refractivity (Wildman–Crippen MR) is 82.6 cm³/mol. The van der Waals surface area contributed by atoms with Crippen molar-refractivity contribution in [2.24, 2.45) is 0 Å². The van der Waals surface area contributed by atoms with Gasteiger partial charge in [0.05, 0.1) is 6.42 Å². The number of benzene rings is 1. The monoisotopic (exact) mass is 319 g/mol. The van der Waals surface area contributed by atoms with E-state index in [2.05, 4.69) is 5.32 Å². The molecule has 7 heteroatoms. The number of ether oxygens (including phenoxy) is 1. The Bertz CT molecular complexity index is 795. The number of carboxylic acids is 1. The van der Waals surface area contributed by atoms with Crippen molar-refractivity contribution in [3.63, 3.8) is 0 Å². The first-order valence-corrected chi connectivity index (χ1v) is 7.07. The van der Waals surface area contributed by atoms with Crippen LogP contribution >= 0.6 is 0 Å². The second-order valence-electron chi connectivity index (χ2n) is 5.10. The summed E-state index contributed by atoms with van der Waals surface area (Å²) in [4.78, 5) is 33.6. The Balaban J connectivity index is 2.07. The van der Waals surface area contributed by atoms with E-state index in [1.165, 1.54) is 6.07 Å². The van der Waals surface area contributed by atoms with Gasteiger partial charge in [-0.05, 0) is 31.5 Å². The standard InChI is InChI=1S/C16H17NO6/c1-9-7-15(20)23-13-8-11(3-4-12(9)13)22-10(2)16(21)17-6-5-14(18)19/h3-4,7-8,10H,5-6H2,1-2H3,(H,17,21)(H,18,19)/t10-/m0/s1. The molecule has 0 aliphatic rings. The molecular formula is C16H17NO6. The number of carbonyl (C=O) groups is 2. The van der Waals surface area contributed by atoms with Crippen molar-refractivity contribution in [3.8, 4) is 5.75 Å². The van der Waals surface area contributed by atoms with Gasteiger partial charge in [0.2, 0.25) is 0 Å². The molecule has 0 fully saturated rings. The van der Waals surface area contributed by atoms with Gasteiger partial charge < -0.3 is 19.6 Å². The second kappa shape index (κ2) is 6.95. The second-order valence-corrected chi connectivity index (χ2v) is 5.10. The topological polar surface area (TPSA) is 106 Å². The summed E-state index contributed by atoms with van der Waals surface area (Å²) < 4.78 is 10.6. The van der Waals surface area contributed by atoms with Crippen LogP contribution in [-0.2, 0) is 9.59 Å². The lowest BCUT2D eigenvalue weighted by molar-refractivity contribution is -0.137. The zero-order valence-corrected chi connectivity index (χ0v) is 12.8. The quantitative estimate of drug-likeness (QED) is 0.781. The van der Waals surface area contributed by atoms with Crippen LogP contribution in [0.3, 0.4) is 0 Å². The number of aliphatic carboxylic acids is 1. The highest BCUT2D eigenvalue weighted by Gasteiger charge is 2.15. The minimum atomic E-state index is -0.987. The van der Waals surface area contributed by atoms with Gasteiger partial charge >= 0.3 is 11.6 Å². The van der Waals surface area contributed by atoms with E-state index in [0.29, 0.717) is 11.3 Å². The molecule has 0 radical (unpaired) electrons. The highest BCUT2D eigenvalue weighted by atomic mass is 16.5. The lowest BCUT2D eigenvalue weighted by atomic mass is 10.1. The fraction of sp³-hybridized carbons (Fsp3) is 0.312. The third-order valence-corrected chi connectivity index (χ3v) is 3.24. The summed E-state index contributed by atoms with van der Waals surface area (Å²) in [6.07, 6.45) is -0.962. The molecule has 0 saturated heterocycles. The zero-order chi connectivity index (χ0) is 17.0. The van der Waals surface area contributed by atoms with Crippen molar-refractivity contribution < 1.29 is 23.8 Å². The summed E-state index contributed by atoms with van der Waals surface area (Å²) in [7, 11) is 0. The Morgan fingerprint density at radius 3 is 2.78 bits per heavy atom. The van der Waals surface area contributed by atoms with Crippen molar-refractivity contribution in [1.82, 2.24) is 5.32 Å². The van der Waals surface area contributed by atoms with Crippen LogP contribution in [0.15, 0.2) is 33.5 Å². The Morgan fingerprint density at radius 1 is 1.35 bits per heavy atom. The molecule has 122 valence electrons. The molecule has 1 heterocycles. The van der Waals surface area contributed by atoms with Crippen LogP contribution in [0.25, 0.3) is 11.0 Å². The molecule has 0 unspecified atom stereocenters. The van der Waals surface area contributed by atoms with Gasteiger partial charge in [0.1, 0.15) is 11.3 Å². The molecule has 23 heavy (non-hydrogen) atoms. The molecule has 2 aromatic rings. The highest BCUT2D eigenvalue weighted by molar-refractivity contribution is 5.83. The van der Waals surface area contributed by atoms with Gasteiger partial charge in [-0.15, -0.1) is 0 Å². The van der Waals surface area contributed by atoms with Crippen LogP contribution in [0, 0.1) is 6.92 Å². The van der Waals surface area contributed by atoms with Gasteiger partial charge in [-0.25, -0.2) is 4.79 Å². The number of amides is 1. The molecule has 2 rings (SSSR count). The normalized spacial score (nSPS) is 11.9. The van der Waals surface area contributed by atoms with Gasteiger partial charge in [-0.2, -0.15) is 0 Å². The molecule has 2 N–H and O–H groups in total. The SMILES string of the molecule is Cc1cc(=O)oc2cc(O[C@@H](C)C(=O)NCCC(=O)O)ccc12. The van der Waals surface area contributed by atoms with Crippen molar-refractivity contribution in [2.75, 3.05) is 6.54 Å². The molecule has 0 aliphatic heterocycles. The predicted octanol–water partition coefficient (Wildman–Crippen LogP) is 1.46. The summed E-state index contributed by atoms with van der Waals surface area (Å²) in [6.45, 7) is 3.39. The lowest BCUT2D eigenvalue weighted by Gasteiger charge is -2.14. The maximum absolute atomic E-state index is 11.8. The van der Waals surface area contributed by atoms with Crippen molar-refractivity contribution in [1.29, 1.82) is 0 Å². The molecule has 1 aromatic heterocycles. The average Bonchev–Trinajstić information content (AvgIpc) is 2.46. The summed E-state index contributed by atoms with van der Waals surface area (Å²) in [6, 6.07) is 6.38. The smallest absolute Gasteiger partial charge is 0.336 e. The van der Waals surface area contributed by atoms with E-state index >= 15 is 0 Å². The molecule has 0 bridgehead atoms. The summed E-state index contributed by atoms with van der Waals surface area (Å²) in [5.41, 5.74) is 0.722. The van der Waals surface area contributed by atoms with E-state index in [9.17, 15) is 14.4 Å². The number of hydrogen-bond acceptors (Lipinski definition) is 5. The number of carboxylic acid groups (broad SMARTS) is 1. The molecular weight excluding hydrogens is 302 g/mol. The van der Waals surface area contributed by atoms with Crippen LogP contribution in [0.2, 0.25) is 0 Å². The maximum atomic E-state index is 11.8. The lowest BCUT2D eigenvalue weighted by Crippen LogP contribution is -2.37. The van der Waals surface area contributed by atoms with E-state index in [1.54, 1.807) is 32.0 Å². The summed E-state index contributed by atoms with van der Waals surface area (Å²) in [5, 5.41) is 11.8. The van der Waals surface area contributed by atoms with Gasteiger partial charge in [0.15, 0.2) is 6.10 Å². The molecule has 0 aliphatic carbocycles. The molecule has 1 amide bonds. The first-order valence-electron chi connectivity index (χ1n) is 7.07. The van der Waals surface area contributed by atoms with Crippen LogP contribution in [0.5, 0.6) is 5.75 Å². The minimum absolute atomic E-state index is 0.0354. The van der Waals surface area contributed by atoms with Crippen LogP contribution in [-0.4, -0.2) is 29.6 Å². The fourth-order valence-corrected chi connectivity index (χ4v) is 2.07. The van der Waals surface area contributed by atoms with E-state index in [-0.39, 0.29) is 13.0 Å². The van der Waals surface area contributed by atoms with Gasteiger partial charge in [-0.1, -0.05) is 0 Å². The third kappa shape index (κ3) is 4.32. The van der Waals surface area contributed by atoms with E-state index in [1.807, 2.05) is 0 Å². The Hall–Kier alpha value is -2.83. The minimum Gasteiger partial charge on any atom is -0.481 e. The first-order chi connectivity index (χ1) is 10.9. The van der Waals surface area contributed by atoms with Crippen LogP contribution < -0.4 is 15.7 Å². The summed E-state index contributed by atoms with van der Waals surface area (Å²) >= 11 is 0. The Kier molecular flexibility index (Phi) is 5.00. The van der Waals surface area contributed by atoms with Crippen LogP contribution in [0.1, 0.15) is 18.9 Å². The third-order valence-electron chi connectivity index (χ3n) is 3.24. The van der Waals surface area contributed by atoms with E-state index in [0.717, 1.165) is 10.9 Å². The maximum Gasteiger partial charge on any atom is 0.336 e. The Morgan fingerprint density at radius 2 is 2.09 bits per heavy atom. The van der Waals surface area contributed by atoms with Crippen molar-refractivity contribution >= 4 is 22.8 Å². The fourth-order valence-electron chi connectivity index (χ4n) is 2.07. The van der Waals surface area contributed by atoms with Crippen LogP contribution in [0.4, 0.5) is 0 Å². The first kappa shape index (κ1) is 16.5. The number of hydrogen-bond donors (Lipinski definition) is 2. The number of carbonyl (C=O) groups excluding carboxylic acids is 1. The molecule has 1 atom stereocenters. The highest BCUT2D eigenvalue weighted by Crippen LogP contribution is 2.22. The largest absolute Gasteiger partial charge is 0.481 e. The van der Waals surface area contributed by atoms with Crippen molar-refractivity contribution in [3.05, 3.63) is 40.2 Å². The van der Waals surface area contributed by atoms with E-state index in [4.69, 9.17) is 14.3 Å². The van der Waals surface area contributed by atoms with Gasteiger partial charge in [0, 0.05) is 24.1 Å². The molecule has 0 saturated carbocycles. The molecule has 7 nitrogen and oxygen atoms in total. The number of rotatable bonds is 6. The van der Waals surface area contributed by atoms with Crippen molar-refractivity contribution in [2.45, 2.75) is 26.4 Å². The molecule has 0 spiro atoms. The number of aryl methyl sites for hydroxylation is 1. The Labute approximate surface area is 131 Å². The zero-order valence-electron chi connectivity index (χ0n) is 12.8. The average molecular weight is 319 g/mol. The summed E-state index contributed by atoms with van der Waals surface area (Å²) in [5.74, 6) is -1.03. The molecule has 1 aromatic carbocycles. The van der Waals surface area contributed by atoms with Gasteiger partial charge in [0.25, 0.3) is 5.91 Å².